The van der Waals surface area contributed by atoms with Gasteiger partial charge in [-0.25, -0.2) is 0 Å². The Morgan fingerprint density at radius 3 is 2.11 bits per heavy atom. The molecule has 0 aliphatic rings. The van der Waals surface area contributed by atoms with Crippen LogP contribution in [0.25, 0.3) is 10.8 Å². The summed E-state index contributed by atoms with van der Waals surface area (Å²) in [6, 6.07) is 6.90. The van der Waals surface area contributed by atoms with Crippen molar-refractivity contribution in [2.45, 2.75) is 6.18 Å². The van der Waals surface area contributed by atoms with E-state index in [-0.39, 0.29) is 11.1 Å². The molecule has 0 aliphatic carbocycles. The van der Waals surface area contributed by atoms with E-state index in [0.29, 0.717) is 11.1 Å². The predicted molar refractivity (Wildman–Crippen MR) is 62.1 cm³/mol. The van der Waals surface area contributed by atoms with Gasteiger partial charge in [0, 0.05) is 0 Å². The van der Waals surface area contributed by atoms with E-state index in [4.69, 9.17) is 9.47 Å². The topological polar surface area (TPSA) is 18.5 Å². The van der Waals surface area contributed by atoms with Crippen molar-refractivity contribution >= 4 is 10.8 Å². The van der Waals surface area contributed by atoms with Crippen molar-refractivity contribution < 1.29 is 22.6 Å². The molecule has 2 aromatic carbocycles. The summed E-state index contributed by atoms with van der Waals surface area (Å²) in [4.78, 5) is 0. The summed E-state index contributed by atoms with van der Waals surface area (Å²) in [5.41, 5.74) is -0.680. The molecule has 0 radical (unpaired) electrons. The highest BCUT2D eigenvalue weighted by atomic mass is 19.4. The Morgan fingerprint density at radius 1 is 0.944 bits per heavy atom. The van der Waals surface area contributed by atoms with Crippen LogP contribution in [0.15, 0.2) is 30.3 Å². The molecule has 0 saturated carbocycles. The molecule has 0 aromatic heterocycles. The summed E-state index contributed by atoms with van der Waals surface area (Å²) >= 11 is 0. The summed E-state index contributed by atoms with van der Waals surface area (Å²) in [5, 5.41) is 0.560. The fraction of sp³-hybridized carbons (Fsp3) is 0.231. The Labute approximate surface area is 102 Å². The second-order valence-electron chi connectivity index (χ2n) is 3.73. The maximum atomic E-state index is 12.9. The van der Waals surface area contributed by atoms with Gasteiger partial charge in [-0.3, -0.25) is 0 Å². The van der Waals surface area contributed by atoms with E-state index in [1.165, 1.54) is 32.4 Å². The first-order chi connectivity index (χ1) is 8.47. The number of rotatable bonds is 2. The molecule has 0 amide bonds. The van der Waals surface area contributed by atoms with Crippen LogP contribution in [-0.2, 0) is 6.18 Å². The lowest BCUT2D eigenvalue weighted by Gasteiger charge is -2.13. The summed E-state index contributed by atoms with van der Waals surface area (Å²) < 4.78 is 48.7. The third-order valence-electron chi connectivity index (χ3n) is 2.69. The third kappa shape index (κ3) is 2.08. The van der Waals surface area contributed by atoms with Gasteiger partial charge in [0.05, 0.1) is 19.8 Å². The molecule has 0 aliphatic heterocycles. The fourth-order valence-corrected chi connectivity index (χ4v) is 1.85. The first kappa shape index (κ1) is 12.5. The SMILES string of the molecule is COc1cc2cccc(C(F)(F)F)c2cc1OC. The lowest BCUT2D eigenvalue weighted by Crippen LogP contribution is -2.05. The van der Waals surface area contributed by atoms with Crippen molar-refractivity contribution in [1.29, 1.82) is 0 Å². The lowest BCUT2D eigenvalue weighted by molar-refractivity contribution is -0.136. The smallest absolute Gasteiger partial charge is 0.417 e. The minimum absolute atomic E-state index is 0.0997. The number of hydrogen-bond acceptors (Lipinski definition) is 2. The van der Waals surface area contributed by atoms with Crippen molar-refractivity contribution in [3.63, 3.8) is 0 Å². The lowest BCUT2D eigenvalue weighted by atomic mass is 10.0. The Balaban J connectivity index is 2.77. The van der Waals surface area contributed by atoms with Gasteiger partial charge in [0.15, 0.2) is 11.5 Å². The fourth-order valence-electron chi connectivity index (χ4n) is 1.85. The highest BCUT2D eigenvalue weighted by Gasteiger charge is 2.32. The Kier molecular flexibility index (Phi) is 3.07. The monoisotopic (exact) mass is 256 g/mol. The van der Waals surface area contributed by atoms with Crippen LogP contribution in [0, 0.1) is 0 Å². The van der Waals surface area contributed by atoms with Crippen LogP contribution in [0.4, 0.5) is 13.2 Å². The van der Waals surface area contributed by atoms with E-state index in [0.717, 1.165) is 6.07 Å². The van der Waals surface area contributed by atoms with Crippen molar-refractivity contribution in [1.82, 2.24) is 0 Å². The quantitative estimate of drug-likeness (QED) is 0.811. The van der Waals surface area contributed by atoms with Crippen LogP contribution in [0.3, 0.4) is 0 Å². The van der Waals surface area contributed by atoms with E-state index in [9.17, 15) is 13.2 Å². The molecule has 0 saturated heterocycles. The number of hydrogen-bond donors (Lipinski definition) is 0. The summed E-state index contributed by atoms with van der Waals surface area (Å²) in [6.45, 7) is 0. The van der Waals surface area contributed by atoms with Gasteiger partial charge < -0.3 is 9.47 Å². The Hall–Kier alpha value is -1.91. The van der Waals surface area contributed by atoms with Gasteiger partial charge in [-0.15, -0.1) is 0 Å². The van der Waals surface area contributed by atoms with Crippen molar-refractivity contribution in [2.75, 3.05) is 14.2 Å². The van der Waals surface area contributed by atoms with Gasteiger partial charge in [-0.05, 0) is 29.0 Å². The molecule has 0 atom stereocenters. The molecular formula is C13H11F3O2. The van der Waals surface area contributed by atoms with Crippen LogP contribution in [0.2, 0.25) is 0 Å². The van der Waals surface area contributed by atoms with Gasteiger partial charge in [-0.2, -0.15) is 13.2 Å². The first-order valence-electron chi connectivity index (χ1n) is 5.19. The molecule has 0 unspecified atom stereocenters. The molecule has 2 rings (SSSR count). The normalized spacial score (nSPS) is 11.6. The molecule has 2 aromatic rings. The molecule has 5 heteroatoms. The zero-order valence-corrected chi connectivity index (χ0v) is 9.84. The molecule has 0 heterocycles. The molecule has 2 nitrogen and oxygen atoms in total. The van der Waals surface area contributed by atoms with Gasteiger partial charge in [-0.1, -0.05) is 12.1 Å². The Bertz CT molecular complexity index is 576. The number of alkyl halides is 3. The minimum atomic E-state index is -4.39. The number of ether oxygens (including phenoxy) is 2. The molecule has 0 fully saturated rings. The van der Waals surface area contributed by atoms with Gasteiger partial charge >= 0.3 is 6.18 Å². The van der Waals surface area contributed by atoms with E-state index in [1.54, 1.807) is 6.07 Å². The van der Waals surface area contributed by atoms with E-state index in [2.05, 4.69) is 0 Å². The predicted octanol–water partition coefficient (Wildman–Crippen LogP) is 3.88. The van der Waals surface area contributed by atoms with Crippen molar-refractivity contribution in [3.05, 3.63) is 35.9 Å². The third-order valence-corrected chi connectivity index (χ3v) is 2.69. The maximum absolute atomic E-state index is 12.9. The standard InChI is InChI=1S/C13H11F3O2/c1-17-11-6-8-4-3-5-10(13(14,15)16)9(8)7-12(11)18-2/h3-7H,1-2H3. The minimum Gasteiger partial charge on any atom is -0.493 e. The number of methoxy groups -OCH3 is 2. The second kappa shape index (κ2) is 4.40. The van der Waals surface area contributed by atoms with Crippen molar-refractivity contribution in [2.24, 2.45) is 0 Å². The highest BCUT2D eigenvalue weighted by Crippen LogP contribution is 2.39. The van der Waals surface area contributed by atoms with Gasteiger partial charge in [0.1, 0.15) is 0 Å². The number of benzene rings is 2. The molecule has 0 bridgehead atoms. The zero-order chi connectivity index (χ0) is 13.3. The van der Waals surface area contributed by atoms with Crippen LogP contribution in [0.5, 0.6) is 11.5 Å². The highest BCUT2D eigenvalue weighted by molar-refractivity contribution is 5.89. The van der Waals surface area contributed by atoms with Crippen molar-refractivity contribution in [3.8, 4) is 11.5 Å². The molecule has 0 N–H and O–H groups in total. The zero-order valence-electron chi connectivity index (χ0n) is 9.84. The van der Waals surface area contributed by atoms with Crippen LogP contribution in [-0.4, -0.2) is 14.2 Å². The molecule has 96 valence electrons. The molecule has 0 spiro atoms. The summed E-state index contributed by atoms with van der Waals surface area (Å²) in [7, 11) is 2.83. The summed E-state index contributed by atoms with van der Waals surface area (Å²) in [6.07, 6.45) is -4.39. The largest absolute Gasteiger partial charge is 0.493 e. The van der Waals surface area contributed by atoms with Crippen LogP contribution >= 0.6 is 0 Å². The Morgan fingerprint density at radius 2 is 1.56 bits per heavy atom. The maximum Gasteiger partial charge on any atom is 0.417 e. The number of fused-ring (bicyclic) bond motifs is 1. The molecular weight excluding hydrogens is 245 g/mol. The van der Waals surface area contributed by atoms with E-state index in [1.807, 2.05) is 0 Å². The average Bonchev–Trinajstić information content (AvgIpc) is 2.35. The van der Waals surface area contributed by atoms with Crippen LogP contribution < -0.4 is 9.47 Å². The number of halogens is 3. The first-order valence-corrected chi connectivity index (χ1v) is 5.19. The van der Waals surface area contributed by atoms with E-state index < -0.39 is 11.7 Å². The van der Waals surface area contributed by atoms with Gasteiger partial charge in [0.2, 0.25) is 0 Å². The van der Waals surface area contributed by atoms with Gasteiger partial charge in [0.25, 0.3) is 0 Å². The average molecular weight is 256 g/mol. The second-order valence-corrected chi connectivity index (χ2v) is 3.73. The molecule has 18 heavy (non-hydrogen) atoms. The van der Waals surface area contributed by atoms with Crippen LogP contribution in [0.1, 0.15) is 5.56 Å². The summed E-state index contributed by atoms with van der Waals surface area (Å²) in [5.74, 6) is 0.686. The van der Waals surface area contributed by atoms with E-state index >= 15 is 0 Å².